The molecule has 0 aliphatic rings. The molecule has 106 valence electrons. The molecule has 1 atom stereocenters. The monoisotopic (exact) mass is 274 g/mol. The number of ether oxygens (including phenoxy) is 1. The van der Waals surface area contributed by atoms with Crippen LogP contribution in [0.4, 0.5) is 4.39 Å². The van der Waals surface area contributed by atoms with Crippen LogP contribution in [0.2, 0.25) is 0 Å². The molecule has 1 unspecified atom stereocenters. The van der Waals surface area contributed by atoms with Crippen LogP contribution in [0.25, 0.3) is 0 Å². The van der Waals surface area contributed by atoms with Gasteiger partial charge in [0.2, 0.25) is 0 Å². The number of aliphatic hydroxyl groups excluding tert-OH is 1. The van der Waals surface area contributed by atoms with Crippen molar-refractivity contribution in [3.8, 4) is 0 Å². The smallest absolute Gasteiger partial charge is 0.129 e. The number of hydrogen-bond donors (Lipinski definition) is 1. The van der Waals surface area contributed by atoms with Crippen molar-refractivity contribution in [2.45, 2.75) is 18.9 Å². The van der Waals surface area contributed by atoms with E-state index in [4.69, 9.17) is 4.74 Å². The van der Waals surface area contributed by atoms with E-state index in [2.05, 4.69) is 12.1 Å². The molecule has 0 bridgehead atoms. The molecule has 0 fully saturated rings. The van der Waals surface area contributed by atoms with E-state index in [-0.39, 0.29) is 12.2 Å². The molecule has 0 aliphatic heterocycles. The van der Waals surface area contributed by atoms with Crippen molar-refractivity contribution in [2.24, 2.45) is 0 Å². The highest BCUT2D eigenvalue weighted by Gasteiger charge is 2.11. The number of aryl methyl sites for hydroxylation is 1. The zero-order valence-electron chi connectivity index (χ0n) is 11.3. The van der Waals surface area contributed by atoms with Crippen molar-refractivity contribution < 1.29 is 14.2 Å². The highest BCUT2D eigenvalue weighted by atomic mass is 19.1. The molecular formula is C17H19FO2. The van der Waals surface area contributed by atoms with Gasteiger partial charge in [-0.05, 0) is 24.5 Å². The lowest BCUT2D eigenvalue weighted by atomic mass is 10.1. The normalized spacial score (nSPS) is 12.3. The maximum atomic E-state index is 13.4. The Morgan fingerprint density at radius 3 is 2.45 bits per heavy atom. The Labute approximate surface area is 118 Å². The minimum Gasteiger partial charge on any atom is -0.386 e. The molecule has 2 nitrogen and oxygen atoms in total. The van der Waals surface area contributed by atoms with Crippen LogP contribution in [-0.4, -0.2) is 18.3 Å². The number of halogens is 1. The zero-order chi connectivity index (χ0) is 14.2. The molecule has 0 spiro atoms. The van der Waals surface area contributed by atoms with Crippen molar-refractivity contribution in [2.75, 3.05) is 13.2 Å². The summed E-state index contributed by atoms with van der Waals surface area (Å²) in [5, 5.41) is 9.85. The van der Waals surface area contributed by atoms with Gasteiger partial charge in [0.1, 0.15) is 11.9 Å². The molecule has 0 heterocycles. The van der Waals surface area contributed by atoms with Crippen LogP contribution in [0.15, 0.2) is 54.6 Å². The highest BCUT2D eigenvalue weighted by molar-refractivity contribution is 5.19. The zero-order valence-corrected chi connectivity index (χ0v) is 11.3. The fourth-order valence-corrected chi connectivity index (χ4v) is 2.05. The molecule has 0 radical (unpaired) electrons. The van der Waals surface area contributed by atoms with Crippen LogP contribution in [0, 0.1) is 5.82 Å². The maximum Gasteiger partial charge on any atom is 0.129 e. The average molecular weight is 274 g/mol. The van der Waals surface area contributed by atoms with E-state index in [9.17, 15) is 9.50 Å². The third-order valence-corrected chi connectivity index (χ3v) is 3.14. The van der Waals surface area contributed by atoms with Gasteiger partial charge in [-0.2, -0.15) is 0 Å². The second kappa shape index (κ2) is 7.78. The fourth-order valence-electron chi connectivity index (χ4n) is 2.05. The second-order valence-electron chi connectivity index (χ2n) is 4.70. The molecule has 2 rings (SSSR count). The quantitative estimate of drug-likeness (QED) is 0.783. The Kier molecular flexibility index (Phi) is 5.71. The lowest BCUT2D eigenvalue weighted by molar-refractivity contribution is 0.0334. The van der Waals surface area contributed by atoms with E-state index < -0.39 is 11.9 Å². The van der Waals surface area contributed by atoms with Gasteiger partial charge in [-0.1, -0.05) is 48.5 Å². The first-order valence-electron chi connectivity index (χ1n) is 6.81. The standard InChI is InChI=1S/C17H19FO2/c18-16-11-5-4-10-15(16)17(19)13-20-12-6-9-14-7-2-1-3-8-14/h1-5,7-8,10-11,17,19H,6,9,12-13H2. The van der Waals surface area contributed by atoms with Crippen molar-refractivity contribution in [1.29, 1.82) is 0 Å². The van der Waals surface area contributed by atoms with E-state index in [0.717, 1.165) is 12.8 Å². The highest BCUT2D eigenvalue weighted by Crippen LogP contribution is 2.16. The number of benzene rings is 2. The van der Waals surface area contributed by atoms with Gasteiger partial charge in [-0.3, -0.25) is 0 Å². The van der Waals surface area contributed by atoms with Gasteiger partial charge in [-0.25, -0.2) is 4.39 Å². The summed E-state index contributed by atoms with van der Waals surface area (Å²) in [6, 6.07) is 16.4. The van der Waals surface area contributed by atoms with Gasteiger partial charge in [0.15, 0.2) is 0 Å². The van der Waals surface area contributed by atoms with Gasteiger partial charge in [0, 0.05) is 12.2 Å². The van der Waals surface area contributed by atoms with Crippen LogP contribution in [0.3, 0.4) is 0 Å². The summed E-state index contributed by atoms with van der Waals surface area (Å²) in [4.78, 5) is 0. The van der Waals surface area contributed by atoms with Crippen LogP contribution >= 0.6 is 0 Å². The topological polar surface area (TPSA) is 29.5 Å². The van der Waals surface area contributed by atoms with Gasteiger partial charge in [0.25, 0.3) is 0 Å². The van der Waals surface area contributed by atoms with E-state index in [1.807, 2.05) is 18.2 Å². The van der Waals surface area contributed by atoms with Gasteiger partial charge in [-0.15, -0.1) is 0 Å². The summed E-state index contributed by atoms with van der Waals surface area (Å²) in [7, 11) is 0. The molecule has 2 aromatic carbocycles. The first-order chi connectivity index (χ1) is 9.77. The Bertz CT molecular complexity index is 513. The van der Waals surface area contributed by atoms with Crippen molar-refractivity contribution >= 4 is 0 Å². The van der Waals surface area contributed by atoms with E-state index in [1.54, 1.807) is 18.2 Å². The SMILES string of the molecule is OC(COCCCc1ccccc1)c1ccccc1F. The number of aliphatic hydroxyl groups is 1. The Hall–Kier alpha value is -1.71. The minimum absolute atomic E-state index is 0.121. The second-order valence-corrected chi connectivity index (χ2v) is 4.70. The Balaban J connectivity index is 1.67. The van der Waals surface area contributed by atoms with Crippen LogP contribution in [0.5, 0.6) is 0 Å². The summed E-state index contributed by atoms with van der Waals surface area (Å²) >= 11 is 0. The molecule has 0 saturated heterocycles. The van der Waals surface area contributed by atoms with E-state index in [1.165, 1.54) is 11.6 Å². The third-order valence-electron chi connectivity index (χ3n) is 3.14. The van der Waals surface area contributed by atoms with Crippen LogP contribution in [0.1, 0.15) is 23.7 Å². The number of hydrogen-bond acceptors (Lipinski definition) is 2. The molecule has 1 N–H and O–H groups in total. The minimum atomic E-state index is -0.909. The van der Waals surface area contributed by atoms with Crippen LogP contribution in [-0.2, 0) is 11.2 Å². The van der Waals surface area contributed by atoms with Gasteiger partial charge < -0.3 is 9.84 Å². The summed E-state index contributed by atoms with van der Waals surface area (Å²) in [6.45, 7) is 0.677. The molecule has 3 heteroatoms. The Morgan fingerprint density at radius 2 is 1.70 bits per heavy atom. The van der Waals surface area contributed by atoms with E-state index >= 15 is 0 Å². The summed E-state index contributed by atoms with van der Waals surface area (Å²) in [5.74, 6) is -0.395. The molecule has 20 heavy (non-hydrogen) atoms. The van der Waals surface area contributed by atoms with Gasteiger partial charge in [0.05, 0.1) is 6.61 Å². The predicted molar refractivity (Wildman–Crippen MR) is 76.9 cm³/mol. The molecule has 2 aromatic rings. The lowest BCUT2D eigenvalue weighted by Gasteiger charge is -2.12. The van der Waals surface area contributed by atoms with Crippen molar-refractivity contribution in [3.05, 3.63) is 71.5 Å². The lowest BCUT2D eigenvalue weighted by Crippen LogP contribution is -2.10. The molecule has 0 saturated carbocycles. The van der Waals surface area contributed by atoms with Crippen molar-refractivity contribution in [1.82, 2.24) is 0 Å². The third kappa shape index (κ3) is 4.44. The molecule has 0 aliphatic carbocycles. The largest absolute Gasteiger partial charge is 0.386 e. The molecule has 0 amide bonds. The number of rotatable bonds is 7. The first kappa shape index (κ1) is 14.7. The summed E-state index contributed by atoms with van der Waals surface area (Å²) < 4.78 is 18.8. The predicted octanol–water partition coefficient (Wildman–Crippen LogP) is 3.51. The fraction of sp³-hybridized carbons (Fsp3) is 0.294. The Morgan fingerprint density at radius 1 is 1.00 bits per heavy atom. The van der Waals surface area contributed by atoms with E-state index in [0.29, 0.717) is 6.61 Å². The average Bonchev–Trinajstić information content (AvgIpc) is 2.48. The molecular weight excluding hydrogens is 255 g/mol. The van der Waals surface area contributed by atoms with Crippen molar-refractivity contribution in [3.63, 3.8) is 0 Å². The van der Waals surface area contributed by atoms with Gasteiger partial charge >= 0.3 is 0 Å². The summed E-state index contributed by atoms with van der Waals surface area (Å²) in [5.41, 5.74) is 1.56. The maximum absolute atomic E-state index is 13.4. The summed E-state index contributed by atoms with van der Waals surface area (Å²) in [6.07, 6.45) is 0.915. The van der Waals surface area contributed by atoms with Crippen LogP contribution < -0.4 is 0 Å². The molecule has 0 aromatic heterocycles. The first-order valence-corrected chi connectivity index (χ1v) is 6.81.